The number of nitrogens with zero attached hydrogens (tertiary/aromatic N) is 1. The monoisotopic (exact) mass is 273 g/mol. The first-order valence-corrected chi connectivity index (χ1v) is 7.69. The molecule has 3 unspecified atom stereocenters. The third kappa shape index (κ3) is 2.79. The molecule has 20 heavy (non-hydrogen) atoms. The van der Waals surface area contributed by atoms with Crippen molar-refractivity contribution in [2.24, 2.45) is 0 Å². The summed E-state index contributed by atoms with van der Waals surface area (Å²) in [5.41, 5.74) is 1.36. The number of carbonyl (C=O) groups is 1. The van der Waals surface area contributed by atoms with Crippen molar-refractivity contribution in [3.8, 4) is 0 Å². The first kappa shape index (κ1) is 13.8. The minimum absolute atomic E-state index is 0.294. The van der Waals surface area contributed by atoms with E-state index >= 15 is 0 Å². The molecule has 2 heterocycles. The Hall–Kier alpha value is -1.19. The molecule has 0 spiro atoms. The van der Waals surface area contributed by atoms with Gasteiger partial charge in [-0.05, 0) is 38.2 Å². The normalized spacial score (nSPS) is 29.6. The Kier molecular flexibility index (Phi) is 4.18. The number of rotatable bonds is 5. The molecule has 2 saturated heterocycles. The second-order valence-electron chi connectivity index (χ2n) is 5.99. The maximum absolute atomic E-state index is 11.1. The number of benzene rings is 1. The van der Waals surface area contributed by atoms with E-state index in [1.807, 2.05) is 0 Å². The van der Waals surface area contributed by atoms with E-state index < -0.39 is 0 Å². The highest BCUT2D eigenvalue weighted by Gasteiger charge is 2.43. The number of hydrogen-bond donors (Lipinski definition) is 0. The second kappa shape index (κ2) is 6.06. The SMILES string of the molecule is CC(=O)CCCC1CCC2OCC(c3ccccc3)N12. The lowest BCUT2D eigenvalue weighted by Crippen LogP contribution is -2.34. The first-order valence-electron chi connectivity index (χ1n) is 7.69. The molecule has 0 aromatic heterocycles. The molecule has 0 N–H and O–H groups in total. The Morgan fingerprint density at radius 1 is 1.30 bits per heavy atom. The Labute approximate surface area is 120 Å². The first-order chi connectivity index (χ1) is 9.75. The van der Waals surface area contributed by atoms with Gasteiger partial charge in [0.25, 0.3) is 0 Å². The quantitative estimate of drug-likeness (QED) is 0.824. The van der Waals surface area contributed by atoms with Crippen LogP contribution in [0.4, 0.5) is 0 Å². The van der Waals surface area contributed by atoms with Crippen LogP contribution in [-0.4, -0.2) is 29.6 Å². The van der Waals surface area contributed by atoms with Crippen molar-refractivity contribution in [1.29, 1.82) is 0 Å². The van der Waals surface area contributed by atoms with Crippen LogP contribution in [0.15, 0.2) is 30.3 Å². The van der Waals surface area contributed by atoms with Crippen LogP contribution in [0.2, 0.25) is 0 Å². The zero-order valence-corrected chi connectivity index (χ0v) is 12.1. The molecule has 2 fully saturated rings. The summed E-state index contributed by atoms with van der Waals surface area (Å²) in [6.45, 7) is 2.49. The third-order valence-corrected chi connectivity index (χ3v) is 4.56. The zero-order chi connectivity index (χ0) is 13.9. The van der Waals surface area contributed by atoms with Gasteiger partial charge >= 0.3 is 0 Å². The van der Waals surface area contributed by atoms with Crippen LogP contribution in [0.1, 0.15) is 50.6 Å². The summed E-state index contributed by atoms with van der Waals surface area (Å²) in [6.07, 6.45) is 5.46. The van der Waals surface area contributed by atoms with Crippen molar-refractivity contribution in [2.45, 2.75) is 57.3 Å². The average Bonchev–Trinajstić information content (AvgIpc) is 3.02. The minimum Gasteiger partial charge on any atom is -0.361 e. The molecule has 3 atom stereocenters. The van der Waals surface area contributed by atoms with Crippen molar-refractivity contribution in [2.75, 3.05) is 6.61 Å². The third-order valence-electron chi connectivity index (χ3n) is 4.56. The molecule has 2 aliphatic heterocycles. The highest BCUT2D eigenvalue weighted by atomic mass is 16.5. The van der Waals surface area contributed by atoms with Gasteiger partial charge in [0, 0.05) is 12.5 Å². The molecule has 0 bridgehead atoms. The number of Topliss-reactive ketones (excluding diaryl/α,β-unsaturated/α-hetero) is 1. The number of fused-ring (bicyclic) bond motifs is 1. The predicted octanol–water partition coefficient (Wildman–Crippen LogP) is 3.31. The molecule has 3 rings (SSSR count). The van der Waals surface area contributed by atoms with Gasteiger partial charge in [-0.25, -0.2) is 0 Å². The van der Waals surface area contributed by atoms with Crippen molar-refractivity contribution in [1.82, 2.24) is 4.90 Å². The molecule has 3 heteroatoms. The van der Waals surface area contributed by atoms with Gasteiger partial charge in [-0.1, -0.05) is 30.3 Å². The molecular formula is C17H23NO2. The predicted molar refractivity (Wildman–Crippen MR) is 78.3 cm³/mol. The molecule has 0 radical (unpaired) electrons. The van der Waals surface area contributed by atoms with E-state index in [9.17, 15) is 4.79 Å². The van der Waals surface area contributed by atoms with Crippen LogP contribution in [0.5, 0.6) is 0 Å². The largest absolute Gasteiger partial charge is 0.361 e. The highest BCUT2D eigenvalue weighted by Crippen LogP contribution is 2.41. The van der Waals surface area contributed by atoms with Gasteiger partial charge in [-0.15, -0.1) is 0 Å². The van der Waals surface area contributed by atoms with E-state index in [0.29, 0.717) is 30.5 Å². The summed E-state index contributed by atoms with van der Waals surface area (Å²) in [4.78, 5) is 13.6. The van der Waals surface area contributed by atoms with Gasteiger partial charge in [0.1, 0.15) is 12.0 Å². The van der Waals surface area contributed by atoms with Gasteiger partial charge < -0.3 is 9.53 Å². The average molecular weight is 273 g/mol. The van der Waals surface area contributed by atoms with Crippen LogP contribution in [-0.2, 0) is 9.53 Å². The maximum atomic E-state index is 11.1. The van der Waals surface area contributed by atoms with Crippen molar-refractivity contribution < 1.29 is 9.53 Å². The molecule has 0 aliphatic carbocycles. The highest BCUT2D eigenvalue weighted by molar-refractivity contribution is 5.75. The summed E-state index contributed by atoms with van der Waals surface area (Å²) >= 11 is 0. The van der Waals surface area contributed by atoms with Crippen molar-refractivity contribution in [3.05, 3.63) is 35.9 Å². The fraction of sp³-hybridized carbons (Fsp3) is 0.588. The molecule has 0 saturated carbocycles. The van der Waals surface area contributed by atoms with Gasteiger partial charge in [0.15, 0.2) is 0 Å². The molecular weight excluding hydrogens is 250 g/mol. The van der Waals surface area contributed by atoms with Crippen molar-refractivity contribution >= 4 is 5.78 Å². The lowest BCUT2D eigenvalue weighted by molar-refractivity contribution is -0.117. The topological polar surface area (TPSA) is 29.5 Å². The van der Waals surface area contributed by atoms with E-state index in [2.05, 4.69) is 35.2 Å². The van der Waals surface area contributed by atoms with Gasteiger partial charge in [0.05, 0.1) is 12.6 Å². The molecule has 1 aromatic carbocycles. The summed E-state index contributed by atoms with van der Waals surface area (Å²) in [5, 5.41) is 0. The van der Waals surface area contributed by atoms with Gasteiger partial charge in [0.2, 0.25) is 0 Å². The maximum Gasteiger partial charge on any atom is 0.129 e. The Morgan fingerprint density at radius 3 is 2.85 bits per heavy atom. The van der Waals surface area contributed by atoms with Gasteiger partial charge in [-0.2, -0.15) is 0 Å². The van der Waals surface area contributed by atoms with E-state index in [-0.39, 0.29) is 0 Å². The van der Waals surface area contributed by atoms with E-state index in [1.165, 1.54) is 12.0 Å². The van der Waals surface area contributed by atoms with Crippen LogP contribution in [0.25, 0.3) is 0 Å². The summed E-state index contributed by atoms with van der Waals surface area (Å²) in [5.74, 6) is 0.303. The minimum atomic E-state index is 0.294. The molecule has 0 amide bonds. The van der Waals surface area contributed by atoms with Gasteiger partial charge in [-0.3, -0.25) is 4.90 Å². The summed E-state index contributed by atoms with van der Waals surface area (Å²) in [6, 6.07) is 11.6. The molecule has 1 aromatic rings. The van der Waals surface area contributed by atoms with E-state index in [0.717, 1.165) is 25.9 Å². The lowest BCUT2D eigenvalue weighted by atomic mass is 10.0. The van der Waals surface area contributed by atoms with Crippen LogP contribution < -0.4 is 0 Å². The number of hydrogen-bond acceptors (Lipinski definition) is 3. The number of carbonyl (C=O) groups excluding carboxylic acids is 1. The summed E-state index contributed by atoms with van der Waals surface area (Å²) < 4.78 is 5.96. The Balaban J connectivity index is 1.67. The van der Waals surface area contributed by atoms with Crippen LogP contribution in [0.3, 0.4) is 0 Å². The smallest absolute Gasteiger partial charge is 0.129 e. The zero-order valence-electron chi connectivity index (χ0n) is 12.1. The standard InChI is InChI=1S/C17H23NO2/c1-13(19)6-5-9-15-10-11-17-18(15)16(12-20-17)14-7-3-2-4-8-14/h2-4,7-8,15-17H,5-6,9-12H2,1H3. The fourth-order valence-corrected chi connectivity index (χ4v) is 3.60. The Bertz CT molecular complexity index is 459. The Morgan fingerprint density at radius 2 is 2.10 bits per heavy atom. The van der Waals surface area contributed by atoms with Crippen molar-refractivity contribution in [3.63, 3.8) is 0 Å². The van der Waals surface area contributed by atoms with E-state index in [4.69, 9.17) is 4.74 Å². The number of ketones is 1. The number of ether oxygens (including phenoxy) is 1. The fourth-order valence-electron chi connectivity index (χ4n) is 3.60. The second-order valence-corrected chi connectivity index (χ2v) is 5.99. The lowest BCUT2D eigenvalue weighted by Gasteiger charge is -2.29. The molecule has 108 valence electrons. The van der Waals surface area contributed by atoms with Crippen LogP contribution in [0, 0.1) is 0 Å². The molecule has 3 nitrogen and oxygen atoms in total. The van der Waals surface area contributed by atoms with E-state index in [1.54, 1.807) is 6.92 Å². The molecule has 2 aliphatic rings. The summed E-state index contributed by atoms with van der Waals surface area (Å²) in [7, 11) is 0. The van der Waals surface area contributed by atoms with Crippen LogP contribution >= 0.6 is 0 Å².